The van der Waals surface area contributed by atoms with Crippen molar-refractivity contribution < 1.29 is 4.79 Å². The first-order chi connectivity index (χ1) is 10.7. The molecule has 3 aliphatic heterocycles. The molecule has 4 nitrogen and oxygen atoms in total. The number of ketones is 1. The molecule has 4 fully saturated rings. The molecule has 0 radical (unpaired) electrons. The largest absolute Gasteiger partial charge is 0.316 e. The number of likely N-dealkylation sites (N-methyl/N-ethyl adjacent to an activating group) is 1. The molecule has 1 saturated carbocycles. The molecule has 0 aromatic carbocycles. The monoisotopic (exact) mass is 305 g/mol. The molecule has 4 rings (SSSR count). The molecule has 3 heterocycles. The molecule has 22 heavy (non-hydrogen) atoms. The van der Waals surface area contributed by atoms with E-state index in [2.05, 4.69) is 22.6 Å². The van der Waals surface area contributed by atoms with Crippen LogP contribution in [0.2, 0.25) is 0 Å². The summed E-state index contributed by atoms with van der Waals surface area (Å²) in [4.78, 5) is 14.8. The average molecular weight is 305 g/mol. The second kappa shape index (κ2) is 5.88. The van der Waals surface area contributed by atoms with E-state index in [4.69, 9.17) is 0 Å². The van der Waals surface area contributed by atoms with Crippen LogP contribution in [0.1, 0.15) is 45.4 Å². The minimum atomic E-state index is 0.147. The predicted molar refractivity (Wildman–Crippen MR) is 87.5 cm³/mol. The van der Waals surface area contributed by atoms with Gasteiger partial charge in [-0.2, -0.15) is 0 Å². The van der Waals surface area contributed by atoms with Gasteiger partial charge in [0.2, 0.25) is 0 Å². The minimum absolute atomic E-state index is 0.147. The second-order valence-electron chi connectivity index (χ2n) is 8.15. The third kappa shape index (κ3) is 2.26. The van der Waals surface area contributed by atoms with E-state index in [1.54, 1.807) is 0 Å². The number of fused-ring (bicyclic) bond motifs is 3. The lowest BCUT2D eigenvalue weighted by Gasteiger charge is -2.38. The maximum Gasteiger partial charge on any atom is 0.147 e. The first kappa shape index (κ1) is 15.1. The van der Waals surface area contributed by atoms with Gasteiger partial charge in [0.15, 0.2) is 0 Å². The quantitative estimate of drug-likeness (QED) is 0.813. The molecule has 2 N–H and O–H groups in total. The van der Waals surface area contributed by atoms with Gasteiger partial charge < -0.3 is 5.32 Å². The van der Waals surface area contributed by atoms with Crippen LogP contribution in [-0.4, -0.2) is 49.1 Å². The van der Waals surface area contributed by atoms with Crippen molar-refractivity contribution in [2.75, 3.05) is 20.1 Å². The summed E-state index contributed by atoms with van der Waals surface area (Å²) in [6, 6.07) is 0.811. The van der Waals surface area contributed by atoms with Crippen molar-refractivity contribution in [1.29, 1.82) is 0 Å². The Balaban J connectivity index is 1.65. The van der Waals surface area contributed by atoms with Gasteiger partial charge in [-0.25, -0.2) is 0 Å². The van der Waals surface area contributed by atoms with Gasteiger partial charge in [-0.05, 0) is 57.2 Å². The number of rotatable bonds is 2. The molecule has 3 saturated heterocycles. The van der Waals surface area contributed by atoms with E-state index in [9.17, 15) is 4.79 Å². The zero-order valence-corrected chi connectivity index (χ0v) is 14.1. The summed E-state index contributed by atoms with van der Waals surface area (Å²) in [5, 5.41) is 7.50. The number of Topliss-reactive ketones (excluding diaryl/α,β-unsaturated/α-hetero) is 1. The maximum absolute atomic E-state index is 12.4. The van der Waals surface area contributed by atoms with E-state index < -0.39 is 0 Å². The second-order valence-corrected chi connectivity index (χ2v) is 8.15. The Hall–Kier alpha value is -0.450. The number of nitrogens with zero attached hydrogens (tertiary/aromatic N) is 1. The number of carbonyl (C=O) groups is 1. The summed E-state index contributed by atoms with van der Waals surface area (Å²) < 4.78 is 0. The standard InChI is InChI=1S/C18H31N3O/c1-11(22)17-15(12-6-4-3-5-7-12)16-13-10-19-9-8-14(13)20-18(16)21(17)2/h12-20H,3-10H2,1-2H3. The Bertz CT molecular complexity index is 434. The van der Waals surface area contributed by atoms with Gasteiger partial charge in [-0.15, -0.1) is 0 Å². The highest BCUT2D eigenvalue weighted by molar-refractivity contribution is 5.82. The Morgan fingerprint density at radius 2 is 1.86 bits per heavy atom. The van der Waals surface area contributed by atoms with Gasteiger partial charge >= 0.3 is 0 Å². The minimum Gasteiger partial charge on any atom is -0.316 e. The number of carbonyl (C=O) groups excluding carboxylic acids is 1. The lowest BCUT2D eigenvalue weighted by molar-refractivity contribution is -0.123. The van der Waals surface area contributed by atoms with Gasteiger partial charge in [-0.1, -0.05) is 32.1 Å². The molecule has 1 aliphatic carbocycles. The van der Waals surface area contributed by atoms with Gasteiger partial charge in [-0.3, -0.25) is 15.0 Å². The summed E-state index contributed by atoms with van der Waals surface area (Å²) in [6.07, 6.45) is 8.49. The zero-order chi connectivity index (χ0) is 15.3. The van der Waals surface area contributed by atoms with Crippen LogP contribution in [0.4, 0.5) is 0 Å². The molecule has 4 heteroatoms. The molecule has 6 atom stereocenters. The number of piperidine rings is 1. The fraction of sp³-hybridized carbons (Fsp3) is 0.944. The van der Waals surface area contributed by atoms with Crippen molar-refractivity contribution >= 4 is 5.78 Å². The zero-order valence-electron chi connectivity index (χ0n) is 14.1. The number of hydrogen-bond donors (Lipinski definition) is 2. The lowest BCUT2D eigenvalue weighted by atomic mass is 9.67. The highest BCUT2D eigenvalue weighted by Gasteiger charge is 2.59. The van der Waals surface area contributed by atoms with Gasteiger partial charge in [0.05, 0.1) is 12.2 Å². The fourth-order valence-electron chi connectivity index (χ4n) is 6.25. The Labute approximate surface area is 134 Å². The van der Waals surface area contributed by atoms with Crippen LogP contribution in [-0.2, 0) is 4.79 Å². The van der Waals surface area contributed by atoms with Crippen molar-refractivity contribution in [2.24, 2.45) is 23.7 Å². The summed E-state index contributed by atoms with van der Waals surface area (Å²) >= 11 is 0. The Morgan fingerprint density at radius 1 is 1.09 bits per heavy atom. The normalized spacial score (nSPS) is 46.5. The van der Waals surface area contributed by atoms with Crippen molar-refractivity contribution in [3.63, 3.8) is 0 Å². The number of hydrogen-bond acceptors (Lipinski definition) is 4. The summed E-state index contributed by atoms with van der Waals surface area (Å²) in [5.74, 6) is 3.12. The van der Waals surface area contributed by atoms with Crippen molar-refractivity contribution in [3.05, 3.63) is 0 Å². The van der Waals surface area contributed by atoms with Crippen LogP contribution in [0, 0.1) is 23.7 Å². The number of likely N-dealkylation sites (tertiary alicyclic amines) is 1. The molecule has 0 aromatic heterocycles. The van der Waals surface area contributed by atoms with Gasteiger partial charge in [0.25, 0.3) is 0 Å². The summed E-state index contributed by atoms with van der Waals surface area (Å²) in [5.41, 5.74) is 0. The van der Waals surface area contributed by atoms with Crippen molar-refractivity contribution in [1.82, 2.24) is 15.5 Å². The smallest absolute Gasteiger partial charge is 0.147 e. The van der Waals surface area contributed by atoms with E-state index in [-0.39, 0.29) is 6.04 Å². The van der Waals surface area contributed by atoms with Crippen LogP contribution in [0.5, 0.6) is 0 Å². The molecular weight excluding hydrogens is 274 g/mol. The third-order valence-corrected chi connectivity index (χ3v) is 7.07. The lowest BCUT2D eigenvalue weighted by Crippen LogP contribution is -2.50. The van der Waals surface area contributed by atoms with Gasteiger partial charge in [0, 0.05) is 6.04 Å². The molecule has 6 unspecified atom stereocenters. The molecule has 4 aliphatic rings. The van der Waals surface area contributed by atoms with Crippen LogP contribution in [0.3, 0.4) is 0 Å². The maximum atomic E-state index is 12.4. The molecule has 0 amide bonds. The molecular formula is C18H31N3O. The third-order valence-electron chi connectivity index (χ3n) is 7.07. The summed E-state index contributed by atoms with van der Waals surface area (Å²) in [6.45, 7) is 4.09. The van der Waals surface area contributed by atoms with E-state index in [0.717, 1.165) is 24.9 Å². The average Bonchev–Trinajstić information content (AvgIpc) is 3.04. The number of nitrogens with one attached hydrogen (secondary N) is 2. The Morgan fingerprint density at radius 3 is 2.59 bits per heavy atom. The van der Waals surface area contributed by atoms with E-state index in [1.165, 1.54) is 38.5 Å². The first-order valence-electron chi connectivity index (χ1n) is 9.37. The van der Waals surface area contributed by atoms with Crippen LogP contribution < -0.4 is 10.6 Å². The Kier molecular flexibility index (Phi) is 4.04. The summed E-state index contributed by atoms with van der Waals surface area (Å²) in [7, 11) is 2.18. The SMILES string of the molecule is CC(=O)C1C(C2CCCCC2)C2C3CNCCC3NC2N1C. The van der Waals surface area contributed by atoms with Crippen LogP contribution in [0.15, 0.2) is 0 Å². The van der Waals surface area contributed by atoms with Crippen molar-refractivity contribution in [3.8, 4) is 0 Å². The van der Waals surface area contributed by atoms with Crippen LogP contribution >= 0.6 is 0 Å². The topological polar surface area (TPSA) is 44.4 Å². The predicted octanol–water partition coefficient (Wildman–Crippen LogP) is 1.61. The molecule has 0 aromatic rings. The van der Waals surface area contributed by atoms with E-state index >= 15 is 0 Å². The molecule has 0 spiro atoms. The first-order valence-corrected chi connectivity index (χ1v) is 9.37. The van der Waals surface area contributed by atoms with Crippen LogP contribution in [0.25, 0.3) is 0 Å². The molecule has 0 bridgehead atoms. The van der Waals surface area contributed by atoms with E-state index in [0.29, 0.717) is 29.8 Å². The fourth-order valence-corrected chi connectivity index (χ4v) is 6.25. The molecule has 124 valence electrons. The highest BCUT2D eigenvalue weighted by atomic mass is 16.1. The van der Waals surface area contributed by atoms with Crippen molar-refractivity contribution in [2.45, 2.75) is 63.7 Å². The van der Waals surface area contributed by atoms with Gasteiger partial charge in [0.1, 0.15) is 5.78 Å². The van der Waals surface area contributed by atoms with E-state index in [1.807, 2.05) is 6.92 Å². The highest BCUT2D eigenvalue weighted by Crippen LogP contribution is 2.50.